The zero-order valence-electron chi connectivity index (χ0n) is 12.8. The van der Waals surface area contributed by atoms with E-state index in [1.807, 2.05) is 30.3 Å². The summed E-state index contributed by atoms with van der Waals surface area (Å²) >= 11 is 0. The van der Waals surface area contributed by atoms with Gasteiger partial charge in [0.05, 0.1) is 6.04 Å². The normalized spacial score (nSPS) is 17.4. The predicted molar refractivity (Wildman–Crippen MR) is 81.3 cm³/mol. The van der Waals surface area contributed by atoms with Crippen molar-refractivity contribution in [3.63, 3.8) is 0 Å². The molecule has 0 saturated carbocycles. The number of rotatable bonds is 7. The molecular formula is C17H21NO4. The Morgan fingerprint density at radius 1 is 1.18 bits per heavy atom. The number of cyclic esters (lactones) is 1. The van der Waals surface area contributed by atoms with Crippen LogP contribution in [0.5, 0.6) is 0 Å². The molecule has 1 aromatic carbocycles. The lowest BCUT2D eigenvalue weighted by atomic mass is 10.1. The first-order valence-electron chi connectivity index (χ1n) is 7.60. The molecule has 2 amide bonds. The van der Waals surface area contributed by atoms with Gasteiger partial charge < -0.3 is 9.53 Å². The molecular weight excluding hydrogens is 282 g/mol. The molecule has 5 nitrogen and oxygen atoms in total. The van der Waals surface area contributed by atoms with Gasteiger partial charge in [0, 0.05) is 12.8 Å². The summed E-state index contributed by atoms with van der Waals surface area (Å²) in [6, 6.07) is 9.49. The van der Waals surface area contributed by atoms with Crippen molar-refractivity contribution in [3.05, 3.63) is 35.9 Å². The van der Waals surface area contributed by atoms with Crippen molar-refractivity contribution in [3.8, 4) is 0 Å². The first kappa shape index (κ1) is 16.2. The average Bonchev–Trinajstić information content (AvgIpc) is 2.85. The molecule has 118 valence electrons. The quantitative estimate of drug-likeness (QED) is 0.727. The number of hydrogen-bond acceptors (Lipinski definition) is 4. The largest absolute Gasteiger partial charge is 0.447 e. The smallest absolute Gasteiger partial charge is 0.416 e. The van der Waals surface area contributed by atoms with Crippen LogP contribution in [0.2, 0.25) is 0 Å². The molecule has 0 radical (unpaired) electrons. The number of carbonyl (C=O) groups excluding carboxylic acids is 3. The molecule has 1 saturated heterocycles. The van der Waals surface area contributed by atoms with Gasteiger partial charge in [-0.05, 0) is 31.7 Å². The standard InChI is InChI=1S/C17H21NO4/c1-13(19)7-5-6-10-16(20)18-15(12-22-17(18)21)11-14-8-3-2-4-9-14/h2-4,8-9,15H,5-7,10-12H2,1H3/t15-/m0/s1. The van der Waals surface area contributed by atoms with Gasteiger partial charge in [-0.2, -0.15) is 0 Å². The van der Waals surface area contributed by atoms with E-state index in [-0.39, 0.29) is 30.8 Å². The molecule has 5 heteroatoms. The first-order valence-corrected chi connectivity index (χ1v) is 7.60. The number of nitrogens with zero attached hydrogens (tertiary/aromatic N) is 1. The van der Waals surface area contributed by atoms with Gasteiger partial charge in [-0.3, -0.25) is 4.79 Å². The molecule has 1 heterocycles. The van der Waals surface area contributed by atoms with Crippen LogP contribution in [0.3, 0.4) is 0 Å². The fourth-order valence-corrected chi connectivity index (χ4v) is 2.57. The first-order chi connectivity index (χ1) is 10.6. The molecule has 0 bridgehead atoms. The Hall–Kier alpha value is -2.17. The SMILES string of the molecule is CC(=O)CCCCC(=O)N1C(=O)OC[C@@H]1Cc1ccccc1. The third-order valence-electron chi connectivity index (χ3n) is 3.71. The lowest BCUT2D eigenvalue weighted by Crippen LogP contribution is -2.40. The Labute approximate surface area is 130 Å². The van der Waals surface area contributed by atoms with E-state index in [0.717, 1.165) is 5.56 Å². The molecule has 22 heavy (non-hydrogen) atoms. The Morgan fingerprint density at radius 2 is 1.86 bits per heavy atom. The third-order valence-corrected chi connectivity index (χ3v) is 3.71. The van der Waals surface area contributed by atoms with Gasteiger partial charge in [0.1, 0.15) is 12.4 Å². The van der Waals surface area contributed by atoms with E-state index < -0.39 is 6.09 Å². The maximum atomic E-state index is 12.2. The number of ketones is 1. The molecule has 0 unspecified atom stereocenters. The Kier molecular flexibility index (Phi) is 5.69. The van der Waals surface area contributed by atoms with Crippen molar-refractivity contribution in [2.45, 2.75) is 45.1 Å². The predicted octanol–water partition coefficient (Wildman–Crippen LogP) is 2.73. The van der Waals surface area contributed by atoms with E-state index in [4.69, 9.17) is 4.74 Å². The molecule has 2 rings (SSSR count). The van der Waals surface area contributed by atoms with Crippen molar-refractivity contribution >= 4 is 17.8 Å². The maximum Gasteiger partial charge on any atom is 0.416 e. The summed E-state index contributed by atoms with van der Waals surface area (Å²) in [5, 5.41) is 0. The summed E-state index contributed by atoms with van der Waals surface area (Å²) in [4.78, 5) is 36.1. The summed E-state index contributed by atoms with van der Waals surface area (Å²) in [5.41, 5.74) is 1.07. The monoisotopic (exact) mass is 303 g/mol. The summed E-state index contributed by atoms with van der Waals surface area (Å²) < 4.78 is 5.03. The second-order valence-corrected chi connectivity index (χ2v) is 5.59. The summed E-state index contributed by atoms with van der Waals surface area (Å²) in [5.74, 6) is -0.0954. The minimum atomic E-state index is -0.558. The summed E-state index contributed by atoms with van der Waals surface area (Å²) in [6.45, 7) is 1.78. The average molecular weight is 303 g/mol. The van der Waals surface area contributed by atoms with Crippen LogP contribution >= 0.6 is 0 Å². The highest BCUT2D eigenvalue weighted by Crippen LogP contribution is 2.19. The number of hydrogen-bond donors (Lipinski definition) is 0. The molecule has 0 N–H and O–H groups in total. The zero-order chi connectivity index (χ0) is 15.9. The number of Topliss-reactive ketones (excluding diaryl/α,β-unsaturated/α-hetero) is 1. The van der Waals surface area contributed by atoms with Gasteiger partial charge in [-0.25, -0.2) is 9.69 Å². The zero-order valence-corrected chi connectivity index (χ0v) is 12.8. The van der Waals surface area contributed by atoms with Crippen LogP contribution in [-0.2, 0) is 20.7 Å². The second kappa shape index (κ2) is 7.73. The summed E-state index contributed by atoms with van der Waals surface area (Å²) in [6.07, 6.45) is 2.08. The molecule has 1 aromatic rings. The van der Waals surface area contributed by atoms with E-state index in [2.05, 4.69) is 0 Å². The molecule has 1 fully saturated rings. The van der Waals surface area contributed by atoms with Gasteiger partial charge in [0.2, 0.25) is 5.91 Å². The van der Waals surface area contributed by atoms with Crippen LogP contribution in [0, 0.1) is 0 Å². The molecule has 1 aliphatic heterocycles. The Bertz CT molecular complexity index is 541. The third kappa shape index (κ3) is 4.41. The lowest BCUT2D eigenvalue weighted by molar-refractivity contribution is -0.129. The van der Waals surface area contributed by atoms with Crippen LogP contribution in [-0.4, -0.2) is 35.3 Å². The Morgan fingerprint density at radius 3 is 2.55 bits per heavy atom. The molecule has 1 atom stereocenters. The maximum absolute atomic E-state index is 12.2. The van der Waals surface area contributed by atoms with Crippen LogP contribution in [0.25, 0.3) is 0 Å². The summed E-state index contributed by atoms with van der Waals surface area (Å²) in [7, 11) is 0. The number of ether oxygens (including phenoxy) is 1. The Balaban J connectivity index is 1.90. The van der Waals surface area contributed by atoms with Gasteiger partial charge >= 0.3 is 6.09 Å². The number of amides is 2. The van der Waals surface area contributed by atoms with Crippen molar-refractivity contribution in [1.29, 1.82) is 0 Å². The highest BCUT2D eigenvalue weighted by atomic mass is 16.6. The van der Waals surface area contributed by atoms with E-state index in [1.54, 1.807) is 0 Å². The van der Waals surface area contributed by atoms with Crippen molar-refractivity contribution in [2.24, 2.45) is 0 Å². The highest BCUT2D eigenvalue weighted by molar-refractivity contribution is 5.93. The van der Waals surface area contributed by atoms with Crippen molar-refractivity contribution in [2.75, 3.05) is 6.61 Å². The number of unbranched alkanes of at least 4 members (excludes halogenated alkanes) is 1. The van der Waals surface area contributed by atoms with Gasteiger partial charge in [0.15, 0.2) is 0 Å². The number of carbonyl (C=O) groups is 3. The molecule has 0 spiro atoms. The van der Waals surface area contributed by atoms with Crippen molar-refractivity contribution in [1.82, 2.24) is 4.90 Å². The fourth-order valence-electron chi connectivity index (χ4n) is 2.57. The van der Waals surface area contributed by atoms with Crippen LogP contribution < -0.4 is 0 Å². The van der Waals surface area contributed by atoms with Crippen LogP contribution in [0.4, 0.5) is 4.79 Å². The molecule has 0 aromatic heterocycles. The van der Waals surface area contributed by atoms with Gasteiger partial charge in [-0.1, -0.05) is 30.3 Å². The molecule has 0 aliphatic carbocycles. The minimum Gasteiger partial charge on any atom is -0.447 e. The minimum absolute atomic E-state index is 0.120. The highest BCUT2D eigenvalue weighted by Gasteiger charge is 2.37. The van der Waals surface area contributed by atoms with Crippen molar-refractivity contribution < 1.29 is 19.1 Å². The van der Waals surface area contributed by atoms with E-state index in [0.29, 0.717) is 25.7 Å². The lowest BCUT2D eigenvalue weighted by Gasteiger charge is -2.19. The number of imide groups is 1. The van der Waals surface area contributed by atoms with E-state index in [1.165, 1.54) is 11.8 Å². The van der Waals surface area contributed by atoms with E-state index >= 15 is 0 Å². The molecule has 1 aliphatic rings. The number of benzene rings is 1. The second-order valence-electron chi connectivity index (χ2n) is 5.59. The van der Waals surface area contributed by atoms with Gasteiger partial charge in [-0.15, -0.1) is 0 Å². The van der Waals surface area contributed by atoms with Crippen LogP contribution in [0.1, 0.15) is 38.2 Å². The van der Waals surface area contributed by atoms with Gasteiger partial charge in [0.25, 0.3) is 0 Å². The van der Waals surface area contributed by atoms with E-state index in [9.17, 15) is 14.4 Å². The van der Waals surface area contributed by atoms with Crippen LogP contribution in [0.15, 0.2) is 30.3 Å². The fraction of sp³-hybridized carbons (Fsp3) is 0.471. The topological polar surface area (TPSA) is 63.7 Å².